The van der Waals surface area contributed by atoms with Gasteiger partial charge in [0.1, 0.15) is 11.2 Å². The average Bonchev–Trinajstić information content (AvgIpc) is 3.82. The van der Waals surface area contributed by atoms with Crippen LogP contribution in [0.2, 0.25) is 0 Å². The summed E-state index contributed by atoms with van der Waals surface area (Å²) in [6, 6.07) is 67.4. The molecule has 3 aromatic heterocycles. The molecule has 5 nitrogen and oxygen atoms in total. The van der Waals surface area contributed by atoms with Gasteiger partial charge in [-0.25, -0.2) is 15.0 Å². The highest BCUT2D eigenvalue weighted by Crippen LogP contribution is 2.39. The van der Waals surface area contributed by atoms with E-state index in [9.17, 15) is 0 Å². The van der Waals surface area contributed by atoms with Gasteiger partial charge in [0.2, 0.25) is 0 Å². The Bertz CT molecular complexity index is 3200. The van der Waals surface area contributed by atoms with Crippen LogP contribution in [0.3, 0.4) is 0 Å². The minimum Gasteiger partial charge on any atom is -0.456 e. The molecule has 3 heterocycles. The van der Waals surface area contributed by atoms with Crippen LogP contribution in [0.1, 0.15) is 0 Å². The van der Waals surface area contributed by atoms with E-state index in [0.717, 1.165) is 77.6 Å². The summed E-state index contributed by atoms with van der Waals surface area (Å²) < 4.78 is 8.84. The van der Waals surface area contributed by atoms with Crippen LogP contribution in [-0.4, -0.2) is 19.5 Å². The van der Waals surface area contributed by atoms with Crippen molar-refractivity contribution in [2.45, 2.75) is 0 Å². The first-order valence-electron chi connectivity index (χ1n) is 18.8. The average molecular weight is 717 g/mol. The van der Waals surface area contributed by atoms with Crippen LogP contribution in [0.25, 0.3) is 106 Å². The van der Waals surface area contributed by atoms with E-state index in [1.54, 1.807) is 0 Å². The second-order valence-corrected chi connectivity index (χ2v) is 14.0. The zero-order valence-electron chi connectivity index (χ0n) is 30.2. The van der Waals surface area contributed by atoms with Gasteiger partial charge in [0.05, 0.1) is 11.0 Å². The smallest absolute Gasteiger partial charge is 0.164 e. The van der Waals surface area contributed by atoms with Gasteiger partial charge >= 0.3 is 0 Å². The maximum atomic E-state index is 6.52. The lowest BCUT2D eigenvalue weighted by molar-refractivity contribution is 0.669. The van der Waals surface area contributed by atoms with Crippen LogP contribution in [0.4, 0.5) is 0 Å². The molecule has 5 heteroatoms. The highest BCUT2D eigenvalue weighted by atomic mass is 16.3. The second-order valence-electron chi connectivity index (χ2n) is 14.0. The van der Waals surface area contributed by atoms with Crippen LogP contribution in [0, 0.1) is 0 Å². The van der Waals surface area contributed by atoms with Crippen molar-refractivity contribution in [1.29, 1.82) is 0 Å². The van der Waals surface area contributed by atoms with Gasteiger partial charge in [-0.1, -0.05) is 146 Å². The molecule has 0 bridgehead atoms. The van der Waals surface area contributed by atoms with E-state index in [1.165, 1.54) is 10.8 Å². The molecule has 0 N–H and O–H groups in total. The van der Waals surface area contributed by atoms with Crippen molar-refractivity contribution in [2.75, 3.05) is 0 Å². The molecule has 262 valence electrons. The molecule has 0 saturated carbocycles. The van der Waals surface area contributed by atoms with E-state index in [1.807, 2.05) is 18.2 Å². The fourth-order valence-corrected chi connectivity index (χ4v) is 8.04. The SMILES string of the molecule is c1ccc(-c2cccc(-c3nc(-c4cccc(-n5c6ccccc6c6ccccc65)c4)nc(-c4ccc5c(c4)oc4cccc(-c6ccccc6)c45)n3)c2)cc1. The first-order valence-corrected chi connectivity index (χ1v) is 18.8. The van der Waals surface area contributed by atoms with Crippen molar-refractivity contribution < 1.29 is 4.42 Å². The predicted molar refractivity (Wildman–Crippen MR) is 229 cm³/mol. The predicted octanol–water partition coefficient (Wildman–Crippen LogP) is 13.2. The van der Waals surface area contributed by atoms with Crippen LogP contribution in [0.5, 0.6) is 0 Å². The van der Waals surface area contributed by atoms with E-state index >= 15 is 0 Å². The van der Waals surface area contributed by atoms with Crippen molar-refractivity contribution in [3.8, 4) is 62.1 Å². The molecule has 0 fully saturated rings. The molecule has 0 atom stereocenters. The first kappa shape index (κ1) is 31.9. The van der Waals surface area contributed by atoms with Crippen LogP contribution in [0.15, 0.2) is 199 Å². The Balaban J connectivity index is 1.09. The van der Waals surface area contributed by atoms with Gasteiger partial charge in [0, 0.05) is 43.9 Å². The fraction of sp³-hybridized carbons (Fsp3) is 0. The van der Waals surface area contributed by atoms with Crippen LogP contribution < -0.4 is 0 Å². The van der Waals surface area contributed by atoms with Gasteiger partial charge in [-0.3, -0.25) is 0 Å². The summed E-state index contributed by atoms with van der Waals surface area (Å²) in [5, 5.41) is 4.57. The van der Waals surface area contributed by atoms with Gasteiger partial charge in [-0.05, 0) is 70.8 Å². The van der Waals surface area contributed by atoms with E-state index in [0.29, 0.717) is 17.5 Å². The third-order valence-corrected chi connectivity index (χ3v) is 10.6. The van der Waals surface area contributed by atoms with Gasteiger partial charge < -0.3 is 8.98 Å². The summed E-state index contributed by atoms with van der Waals surface area (Å²) in [6.45, 7) is 0. The minimum absolute atomic E-state index is 0.572. The number of benzene rings is 8. The topological polar surface area (TPSA) is 56.7 Å². The highest BCUT2D eigenvalue weighted by molar-refractivity contribution is 6.13. The molecule has 56 heavy (non-hydrogen) atoms. The largest absolute Gasteiger partial charge is 0.456 e. The molecule has 0 radical (unpaired) electrons. The molecular weight excluding hydrogens is 685 g/mol. The Morgan fingerprint density at radius 1 is 0.339 bits per heavy atom. The molecule has 0 aliphatic heterocycles. The molecule has 0 aliphatic rings. The number of rotatable bonds is 6. The lowest BCUT2D eigenvalue weighted by Crippen LogP contribution is -2.01. The van der Waals surface area contributed by atoms with Crippen LogP contribution in [-0.2, 0) is 0 Å². The highest BCUT2D eigenvalue weighted by Gasteiger charge is 2.18. The molecule has 0 saturated heterocycles. The molecule has 0 aliphatic carbocycles. The Hall–Kier alpha value is -7.63. The molecule has 11 rings (SSSR count). The van der Waals surface area contributed by atoms with E-state index in [-0.39, 0.29) is 0 Å². The molecule has 0 unspecified atom stereocenters. The maximum Gasteiger partial charge on any atom is 0.164 e. The molecule has 0 amide bonds. The summed E-state index contributed by atoms with van der Waals surface area (Å²) in [6.07, 6.45) is 0. The summed E-state index contributed by atoms with van der Waals surface area (Å²) >= 11 is 0. The molecule has 8 aromatic carbocycles. The Kier molecular flexibility index (Phi) is 7.42. The van der Waals surface area contributed by atoms with Gasteiger partial charge in [0.15, 0.2) is 17.5 Å². The third-order valence-electron chi connectivity index (χ3n) is 10.6. The maximum absolute atomic E-state index is 6.52. The van der Waals surface area contributed by atoms with Crippen molar-refractivity contribution in [3.05, 3.63) is 194 Å². The Morgan fingerprint density at radius 2 is 0.875 bits per heavy atom. The van der Waals surface area contributed by atoms with Gasteiger partial charge in [-0.15, -0.1) is 0 Å². The Labute approximate surface area is 322 Å². The normalized spacial score (nSPS) is 11.6. The summed E-state index contributed by atoms with van der Waals surface area (Å²) in [5.41, 5.74) is 12.1. The zero-order chi connectivity index (χ0) is 37.0. The number of aromatic nitrogens is 4. The lowest BCUT2D eigenvalue weighted by atomic mass is 9.99. The number of hydrogen-bond donors (Lipinski definition) is 0. The third kappa shape index (κ3) is 5.37. The van der Waals surface area contributed by atoms with Crippen molar-refractivity contribution in [1.82, 2.24) is 19.5 Å². The zero-order valence-corrected chi connectivity index (χ0v) is 30.2. The number of hydrogen-bond acceptors (Lipinski definition) is 4. The molecule has 11 aromatic rings. The van der Waals surface area contributed by atoms with E-state index in [2.05, 4.69) is 180 Å². The van der Waals surface area contributed by atoms with E-state index < -0.39 is 0 Å². The standard InChI is InChI=1S/C51H32N4O/c1-3-14-33(15-4-1)35-18-11-19-36(30-35)49-52-50(37-20-12-21-39(31-37)55-44-25-9-7-22-41(44)42-23-8-10-26-45(42)55)54-51(53-49)38-28-29-43-47(32-38)56-46-27-13-24-40(48(43)46)34-16-5-2-6-17-34/h1-32H. The number of fused-ring (bicyclic) bond motifs is 6. The van der Waals surface area contributed by atoms with Gasteiger partial charge in [0.25, 0.3) is 0 Å². The van der Waals surface area contributed by atoms with Crippen LogP contribution >= 0.6 is 0 Å². The fourth-order valence-electron chi connectivity index (χ4n) is 8.04. The van der Waals surface area contributed by atoms with Crippen molar-refractivity contribution in [2.24, 2.45) is 0 Å². The number of nitrogens with zero attached hydrogens (tertiary/aromatic N) is 4. The second kappa shape index (κ2) is 13.0. The van der Waals surface area contributed by atoms with Crippen molar-refractivity contribution >= 4 is 43.7 Å². The number of para-hydroxylation sites is 2. The monoisotopic (exact) mass is 716 g/mol. The summed E-state index contributed by atoms with van der Waals surface area (Å²) in [7, 11) is 0. The first-order chi connectivity index (χ1) is 27.7. The molecule has 0 spiro atoms. The van der Waals surface area contributed by atoms with Gasteiger partial charge in [-0.2, -0.15) is 0 Å². The Morgan fingerprint density at radius 3 is 1.57 bits per heavy atom. The molecular formula is C51H32N4O. The quantitative estimate of drug-likeness (QED) is 0.172. The number of furan rings is 1. The van der Waals surface area contributed by atoms with Crippen molar-refractivity contribution in [3.63, 3.8) is 0 Å². The summed E-state index contributed by atoms with van der Waals surface area (Å²) in [4.78, 5) is 15.5. The summed E-state index contributed by atoms with van der Waals surface area (Å²) in [5.74, 6) is 1.76. The minimum atomic E-state index is 0.572. The van der Waals surface area contributed by atoms with E-state index in [4.69, 9.17) is 19.4 Å². The lowest BCUT2D eigenvalue weighted by Gasteiger charge is -2.12.